The molecule has 3 rings (SSSR count). The zero-order valence-electron chi connectivity index (χ0n) is 14.5. The molecule has 1 aliphatic heterocycles. The maximum absolute atomic E-state index is 13.9. The van der Waals surface area contributed by atoms with Crippen molar-refractivity contribution in [1.82, 2.24) is 15.6 Å². The van der Waals surface area contributed by atoms with Crippen LogP contribution in [-0.2, 0) is 6.54 Å². The predicted molar refractivity (Wildman–Crippen MR) is 99.2 cm³/mol. The maximum Gasteiger partial charge on any atom is 0.191 e. The van der Waals surface area contributed by atoms with Crippen molar-refractivity contribution in [1.29, 1.82) is 0 Å². The zero-order chi connectivity index (χ0) is 17.5. The van der Waals surface area contributed by atoms with Crippen LogP contribution in [0.1, 0.15) is 18.9 Å². The molecular formula is C19H24FN5. The summed E-state index contributed by atoms with van der Waals surface area (Å²) in [7, 11) is 0. The van der Waals surface area contributed by atoms with Gasteiger partial charge in [-0.2, -0.15) is 0 Å². The summed E-state index contributed by atoms with van der Waals surface area (Å²) in [5.74, 6) is 0.950. The average Bonchev–Trinajstić information content (AvgIpc) is 3.09. The Morgan fingerprint density at radius 3 is 2.88 bits per heavy atom. The fourth-order valence-corrected chi connectivity index (χ4v) is 2.95. The van der Waals surface area contributed by atoms with Crippen LogP contribution < -0.4 is 15.5 Å². The van der Waals surface area contributed by atoms with Crippen molar-refractivity contribution in [2.45, 2.75) is 25.9 Å². The van der Waals surface area contributed by atoms with Gasteiger partial charge in [0.2, 0.25) is 0 Å². The van der Waals surface area contributed by atoms with Crippen LogP contribution in [0.3, 0.4) is 0 Å². The average molecular weight is 341 g/mol. The van der Waals surface area contributed by atoms with Gasteiger partial charge in [0.15, 0.2) is 17.6 Å². The first-order valence-electron chi connectivity index (χ1n) is 8.70. The molecular weight excluding hydrogens is 317 g/mol. The van der Waals surface area contributed by atoms with Gasteiger partial charge in [-0.15, -0.1) is 0 Å². The maximum atomic E-state index is 13.9. The number of pyridine rings is 1. The standard InChI is InChI=1S/C19H24FN5/c1-2-21-19(23-13-15-7-4-3-5-8-15)24-16-10-12-25(14-16)18-17(20)9-6-11-22-18/h3-9,11,16H,2,10,12-14H2,1H3,(H2,21,23,24). The van der Waals surface area contributed by atoms with Crippen LogP contribution in [-0.4, -0.2) is 36.6 Å². The Balaban J connectivity index is 1.60. The number of nitrogens with one attached hydrogen (secondary N) is 2. The largest absolute Gasteiger partial charge is 0.357 e. The summed E-state index contributed by atoms with van der Waals surface area (Å²) in [6, 6.07) is 13.4. The number of rotatable bonds is 5. The van der Waals surface area contributed by atoms with Gasteiger partial charge < -0.3 is 15.5 Å². The first-order chi connectivity index (χ1) is 12.3. The van der Waals surface area contributed by atoms with Crippen molar-refractivity contribution in [2.24, 2.45) is 4.99 Å². The molecule has 1 aromatic heterocycles. The molecule has 132 valence electrons. The third-order valence-corrected chi connectivity index (χ3v) is 4.17. The second-order valence-electron chi connectivity index (χ2n) is 6.07. The van der Waals surface area contributed by atoms with E-state index in [1.807, 2.05) is 30.0 Å². The van der Waals surface area contributed by atoms with E-state index in [9.17, 15) is 4.39 Å². The molecule has 0 aliphatic carbocycles. The Hall–Kier alpha value is -2.63. The molecule has 5 nitrogen and oxygen atoms in total. The van der Waals surface area contributed by atoms with Crippen LogP contribution in [0.5, 0.6) is 0 Å². The topological polar surface area (TPSA) is 52.6 Å². The highest BCUT2D eigenvalue weighted by Gasteiger charge is 2.25. The van der Waals surface area contributed by atoms with Crippen molar-refractivity contribution in [3.05, 3.63) is 60.0 Å². The van der Waals surface area contributed by atoms with Crippen LogP contribution >= 0.6 is 0 Å². The fraction of sp³-hybridized carbons (Fsp3) is 0.368. The molecule has 0 bridgehead atoms. The van der Waals surface area contributed by atoms with Gasteiger partial charge in [0.05, 0.1) is 6.54 Å². The van der Waals surface area contributed by atoms with Crippen LogP contribution in [0.25, 0.3) is 0 Å². The van der Waals surface area contributed by atoms with Gasteiger partial charge in [-0.3, -0.25) is 0 Å². The predicted octanol–water partition coefficient (Wildman–Crippen LogP) is 2.55. The Bertz CT molecular complexity index is 704. The highest BCUT2D eigenvalue weighted by molar-refractivity contribution is 5.80. The quantitative estimate of drug-likeness (QED) is 0.648. The van der Waals surface area contributed by atoms with E-state index in [0.717, 1.165) is 25.5 Å². The van der Waals surface area contributed by atoms with Crippen molar-refractivity contribution >= 4 is 11.8 Å². The lowest BCUT2D eigenvalue weighted by Crippen LogP contribution is -2.44. The van der Waals surface area contributed by atoms with E-state index in [-0.39, 0.29) is 11.9 Å². The van der Waals surface area contributed by atoms with Crippen LogP contribution in [0.2, 0.25) is 0 Å². The Labute approximate surface area is 148 Å². The molecule has 0 radical (unpaired) electrons. The van der Waals surface area contributed by atoms with E-state index >= 15 is 0 Å². The van der Waals surface area contributed by atoms with Crippen LogP contribution in [0.15, 0.2) is 53.7 Å². The van der Waals surface area contributed by atoms with Gasteiger partial charge in [0, 0.05) is 31.9 Å². The SMILES string of the molecule is CCNC(=NCc1ccccc1)NC1CCN(c2ncccc2F)C1. The minimum atomic E-state index is -0.271. The lowest BCUT2D eigenvalue weighted by atomic mass is 10.2. The van der Waals surface area contributed by atoms with Gasteiger partial charge in [0.25, 0.3) is 0 Å². The summed E-state index contributed by atoms with van der Waals surface area (Å²) >= 11 is 0. The summed E-state index contributed by atoms with van der Waals surface area (Å²) in [5.41, 5.74) is 1.17. The van der Waals surface area contributed by atoms with Crippen LogP contribution in [0, 0.1) is 5.82 Å². The molecule has 25 heavy (non-hydrogen) atoms. The number of hydrogen-bond donors (Lipinski definition) is 2. The van der Waals surface area contributed by atoms with E-state index < -0.39 is 0 Å². The molecule has 1 aromatic carbocycles. The normalized spacial score (nSPS) is 17.6. The molecule has 1 saturated heterocycles. The molecule has 0 amide bonds. The minimum absolute atomic E-state index is 0.218. The number of nitrogens with zero attached hydrogens (tertiary/aromatic N) is 3. The van der Waals surface area contributed by atoms with Crippen molar-refractivity contribution < 1.29 is 4.39 Å². The van der Waals surface area contributed by atoms with E-state index in [4.69, 9.17) is 0 Å². The summed E-state index contributed by atoms with van der Waals surface area (Å²) in [4.78, 5) is 10.8. The van der Waals surface area contributed by atoms with Crippen molar-refractivity contribution in [3.8, 4) is 0 Å². The number of anilines is 1. The number of guanidine groups is 1. The lowest BCUT2D eigenvalue weighted by Gasteiger charge is -2.20. The molecule has 1 fully saturated rings. The molecule has 6 heteroatoms. The zero-order valence-corrected chi connectivity index (χ0v) is 14.5. The van der Waals surface area contributed by atoms with E-state index in [1.165, 1.54) is 11.6 Å². The molecule has 0 saturated carbocycles. The second-order valence-corrected chi connectivity index (χ2v) is 6.07. The molecule has 0 spiro atoms. The van der Waals surface area contributed by atoms with Crippen molar-refractivity contribution in [2.75, 3.05) is 24.5 Å². The molecule has 2 aromatic rings. The highest BCUT2D eigenvalue weighted by atomic mass is 19.1. The Morgan fingerprint density at radius 2 is 2.12 bits per heavy atom. The molecule has 1 unspecified atom stereocenters. The third-order valence-electron chi connectivity index (χ3n) is 4.17. The van der Waals surface area contributed by atoms with E-state index in [1.54, 1.807) is 12.3 Å². The second kappa shape index (κ2) is 8.46. The molecule has 1 atom stereocenters. The van der Waals surface area contributed by atoms with E-state index in [0.29, 0.717) is 18.9 Å². The van der Waals surface area contributed by atoms with Crippen LogP contribution in [0.4, 0.5) is 10.2 Å². The number of aliphatic imine (C=N–C) groups is 1. The number of halogens is 1. The summed E-state index contributed by atoms with van der Waals surface area (Å²) in [5, 5.41) is 6.73. The number of benzene rings is 1. The fourth-order valence-electron chi connectivity index (χ4n) is 2.95. The molecule has 2 heterocycles. The molecule has 2 N–H and O–H groups in total. The van der Waals surface area contributed by atoms with Gasteiger partial charge >= 0.3 is 0 Å². The number of hydrogen-bond acceptors (Lipinski definition) is 3. The van der Waals surface area contributed by atoms with Gasteiger partial charge in [-0.25, -0.2) is 14.4 Å². The van der Waals surface area contributed by atoms with Gasteiger partial charge in [-0.1, -0.05) is 30.3 Å². The summed E-state index contributed by atoms with van der Waals surface area (Å²) in [6.07, 6.45) is 2.55. The van der Waals surface area contributed by atoms with E-state index in [2.05, 4.69) is 32.7 Å². The van der Waals surface area contributed by atoms with Gasteiger partial charge in [0.1, 0.15) is 0 Å². The summed E-state index contributed by atoms with van der Waals surface area (Å²) in [6.45, 7) is 4.96. The first kappa shape index (κ1) is 17.2. The highest BCUT2D eigenvalue weighted by Crippen LogP contribution is 2.20. The minimum Gasteiger partial charge on any atom is -0.357 e. The van der Waals surface area contributed by atoms with Crippen molar-refractivity contribution in [3.63, 3.8) is 0 Å². The smallest absolute Gasteiger partial charge is 0.191 e. The summed E-state index contributed by atoms with van der Waals surface area (Å²) < 4.78 is 13.9. The Kier molecular flexibility index (Phi) is 5.82. The number of aromatic nitrogens is 1. The Morgan fingerprint density at radius 1 is 1.28 bits per heavy atom. The third kappa shape index (κ3) is 4.68. The first-order valence-corrected chi connectivity index (χ1v) is 8.70. The van der Waals surface area contributed by atoms with Gasteiger partial charge in [-0.05, 0) is 31.0 Å². The molecule has 1 aliphatic rings. The lowest BCUT2D eigenvalue weighted by molar-refractivity contribution is 0.612. The monoisotopic (exact) mass is 341 g/mol.